The van der Waals surface area contributed by atoms with Gasteiger partial charge in [0.1, 0.15) is 11.6 Å². The van der Waals surface area contributed by atoms with Crippen LogP contribution in [0, 0.1) is 18.6 Å². The first kappa shape index (κ1) is 13.6. The number of aromatic nitrogens is 1. The van der Waals surface area contributed by atoms with Crippen LogP contribution in [-0.4, -0.2) is 11.5 Å². The van der Waals surface area contributed by atoms with Gasteiger partial charge in [0.15, 0.2) is 0 Å². The van der Waals surface area contributed by atoms with Crippen LogP contribution in [0.15, 0.2) is 36.5 Å². The van der Waals surface area contributed by atoms with Crippen LogP contribution >= 0.6 is 0 Å². The van der Waals surface area contributed by atoms with Gasteiger partial charge in [0, 0.05) is 12.3 Å². The van der Waals surface area contributed by atoms with Crippen molar-refractivity contribution in [2.45, 2.75) is 19.9 Å². The molecule has 1 atom stereocenters. The molecule has 19 heavy (non-hydrogen) atoms. The van der Waals surface area contributed by atoms with Gasteiger partial charge < -0.3 is 5.32 Å². The minimum Gasteiger partial charge on any atom is -0.305 e. The Morgan fingerprint density at radius 1 is 1.21 bits per heavy atom. The molecule has 2 aromatic rings. The number of halogens is 2. The van der Waals surface area contributed by atoms with Crippen LogP contribution in [0.5, 0.6) is 0 Å². The molecule has 0 aliphatic heterocycles. The minimum absolute atomic E-state index is 0.309. The Morgan fingerprint density at radius 2 is 1.89 bits per heavy atom. The second-order valence-electron chi connectivity index (χ2n) is 4.40. The minimum atomic E-state index is -0.577. The van der Waals surface area contributed by atoms with Gasteiger partial charge in [-0.25, -0.2) is 8.78 Å². The highest BCUT2D eigenvalue weighted by Crippen LogP contribution is 2.24. The van der Waals surface area contributed by atoms with Crippen molar-refractivity contribution in [3.05, 3.63) is 65.0 Å². The van der Waals surface area contributed by atoms with E-state index in [-0.39, 0.29) is 6.04 Å². The Kier molecular flexibility index (Phi) is 4.22. The van der Waals surface area contributed by atoms with Crippen molar-refractivity contribution in [3.8, 4) is 0 Å². The van der Waals surface area contributed by atoms with Crippen molar-refractivity contribution in [1.29, 1.82) is 0 Å². The zero-order chi connectivity index (χ0) is 13.8. The summed E-state index contributed by atoms with van der Waals surface area (Å²) in [7, 11) is 0. The van der Waals surface area contributed by atoms with E-state index in [4.69, 9.17) is 0 Å². The summed E-state index contributed by atoms with van der Waals surface area (Å²) in [6, 6.07) is 7.01. The summed E-state index contributed by atoms with van der Waals surface area (Å²) in [6.45, 7) is 4.56. The van der Waals surface area contributed by atoms with Gasteiger partial charge in [-0.1, -0.05) is 13.0 Å². The maximum Gasteiger partial charge on any atom is 0.126 e. The summed E-state index contributed by atoms with van der Waals surface area (Å²) in [5.74, 6) is -1.15. The van der Waals surface area contributed by atoms with Crippen molar-refractivity contribution in [1.82, 2.24) is 10.3 Å². The van der Waals surface area contributed by atoms with Crippen LogP contribution in [0.1, 0.15) is 29.8 Å². The number of hydrogen-bond acceptors (Lipinski definition) is 2. The lowest BCUT2D eigenvalue weighted by atomic mass is 9.99. The average molecular weight is 262 g/mol. The number of benzene rings is 1. The molecule has 1 aromatic carbocycles. The molecular formula is C15H16F2N2. The topological polar surface area (TPSA) is 24.9 Å². The molecule has 0 amide bonds. The molecule has 0 radical (unpaired) electrons. The quantitative estimate of drug-likeness (QED) is 0.913. The summed E-state index contributed by atoms with van der Waals surface area (Å²) in [4.78, 5) is 4.33. The monoisotopic (exact) mass is 262 g/mol. The fourth-order valence-electron chi connectivity index (χ4n) is 2.12. The van der Waals surface area contributed by atoms with E-state index in [1.807, 2.05) is 26.0 Å². The van der Waals surface area contributed by atoms with Gasteiger partial charge in [0.2, 0.25) is 0 Å². The maximum absolute atomic E-state index is 13.4. The van der Waals surface area contributed by atoms with Gasteiger partial charge in [0.25, 0.3) is 0 Å². The fraction of sp³-hybridized carbons (Fsp3) is 0.267. The molecule has 4 heteroatoms. The third-order valence-corrected chi connectivity index (χ3v) is 2.95. The molecule has 1 heterocycles. The smallest absolute Gasteiger partial charge is 0.126 e. The first-order chi connectivity index (χ1) is 9.11. The summed E-state index contributed by atoms with van der Waals surface area (Å²) >= 11 is 0. The largest absolute Gasteiger partial charge is 0.305 e. The van der Waals surface area contributed by atoms with Crippen molar-refractivity contribution >= 4 is 0 Å². The van der Waals surface area contributed by atoms with E-state index >= 15 is 0 Å². The van der Waals surface area contributed by atoms with Crippen molar-refractivity contribution in [2.24, 2.45) is 0 Å². The summed E-state index contributed by atoms with van der Waals surface area (Å²) < 4.78 is 26.7. The second kappa shape index (κ2) is 5.89. The summed E-state index contributed by atoms with van der Waals surface area (Å²) in [5, 5.41) is 3.21. The molecule has 0 bridgehead atoms. The van der Waals surface area contributed by atoms with Crippen molar-refractivity contribution < 1.29 is 8.78 Å². The SMILES string of the molecule is CCNC(c1cc(F)cc(F)c1)c1ncccc1C. The Labute approximate surface area is 111 Å². The zero-order valence-electron chi connectivity index (χ0n) is 11.0. The van der Waals surface area contributed by atoms with Crippen molar-refractivity contribution in [2.75, 3.05) is 6.54 Å². The molecule has 0 saturated heterocycles. The lowest BCUT2D eigenvalue weighted by Crippen LogP contribution is -2.24. The number of hydrogen-bond donors (Lipinski definition) is 1. The van der Waals surface area contributed by atoms with Gasteiger partial charge in [-0.3, -0.25) is 4.98 Å². The number of aryl methyl sites for hydroxylation is 1. The molecule has 2 rings (SSSR count). The van der Waals surface area contributed by atoms with Gasteiger partial charge in [-0.05, 0) is 42.8 Å². The molecule has 2 nitrogen and oxygen atoms in total. The number of nitrogens with one attached hydrogen (secondary N) is 1. The van der Waals surface area contributed by atoms with Crippen LogP contribution in [0.25, 0.3) is 0 Å². The molecule has 100 valence electrons. The molecule has 1 N–H and O–H groups in total. The number of pyridine rings is 1. The first-order valence-electron chi connectivity index (χ1n) is 6.22. The predicted molar refractivity (Wildman–Crippen MR) is 70.9 cm³/mol. The van der Waals surface area contributed by atoms with Crippen LogP contribution < -0.4 is 5.32 Å². The Hall–Kier alpha value is -1.81. The van der Waals surface area contributed by atoms with E-state index in [9.17, 15) is 8.78 Å². The third kappa shape index (κ3) is 3.15. The summed E-state index contributed by atoms with van der Waals surface area (Å²) in [5.41, 5.74) is 2.31. The van der Waals surface area contributed by atoms with Crippen molar-refractivity contribution in [3.63, 3.8) is 0 Å². The fourth-order valence-corrected chi connectivity index (χ4v) is 2.12. The lowest BCUT2D eigenvalue weighted by Gasteiger charge is -2.19. The van der Waals surface area contributed by atoms with E-state index in [1.165, 1.54) is 12.1 Å². The molecular weight excluding hydrogens is 246 g/mol. The van der Waals surface area contributed by atoms with Gasteiger partial charge >= 0.3 is 0 Å². The van der Waals surface area contributed by atoms with Gasteiger partial charge in [0.05, 0.1) is 11.7 Å². The second-order valence-corrected chi connectivity index (χ2v) is 4.40. The van der Waals surface area contributed by atoms with Crippen LogP contribution in [0.4, 0.5) is 8.78 Å². The predicted octanol–water partition coefficient (Wildman–Crippen LogP) is 3.37. The normalized spacial score (nSPS) is 12.4. The molecule has 0 fully saturated rings. The number of nitrogens with zero attached hydrogens (tertiary/aromatic N) is 1. The Morgan fingerprint density at radius 3 is 2.47 bits per heavy atom. The summed E-state index contributed by atoms with van der Waals surface area (Å²) in [6.07, 6.45) is 1.68. The Bertz CT molecular complexity index is 550. The van der Waals surface area contributed by atoms with Gasteiger partial charge in [-0.2, -0.15) is 0 Å². The highest BCUT2D eigenvalue weighted by atomic mass is 19.1. The third-order valence-electron chi connectivity index (χ3n) is 2.95. The molecule has 0 spiro atoms. The molecule has 0 saturated carbocycles. The Balaban J connectivity index is 2.48. The van der Waals surface area contributed by atoms with E-state index in [0.29, 0.717) is 12.1 Å². The van der Waals surface area contributed by atoms with Crippen LogP contribution in [-0.2, 0) is 0 Å². The molecule has 1 unspecified atom stereocenters. The highest BCUT2D eigenvalue weighted by Gasteiger charge is 2.17. The van der Waals surface area contributed by atoms with E-state index in [1.54, 1.807) is 6.20 Å². The highest BCUT2D eigenvalue weighted by molar-refractivity contribution is 5.32. The van der Waals surface area contributed by atoms with Crippen LogP contribution in [0.2, 0.25) is 0 Å². The molecule has 0 aliphatic carbocycles. The van der Waals surface area contributed by atoms with Crippen LogP contribution in [0.3, 0.4) is 0 Å². The van der Waals surface area contributed by atoms with E-state index in [0.717, 1.165) is 17.3 Å². The van der Waals surface area contributed by atoms with E-state index in [2.05, 4.69) is 10.3 Å². The molecule has 0 aliphatic rings. The zero-order valence-corrected chi connectivity index (χ0v) is 11.0. The lowest BCUT2D eigenvalue weighted by molar-refractivity contribution is 0.561. The average Bonchev–Trinajstić information content (AvgIpc) is 2.36. The number of rotatable bonds is 4. The molecule has 1 aromatic heterocycles. The van der Waals surface area contributed by atoms with E-state index < -0.39 is 11.6 Å². The first-order valence-corrected chi connectivity index (χ1v) is 6.22. The van der Waals surface area contributed by atoms with Gasteiger partial charge in [-0.15, -0.1) is 0 Å². The maximum atomic E-state index is 13.4. The standard InChI is InChI=1S/C15H16F2N2/c1-3-18-15(14-10(2)5-4-6-19-14)11-7-12(16)9-13(17)8-11/h4-9,15,18H,3H2,1-2H3.